The largest absolute Gasteiger partial charge is 0.456 e. The third-order valence-electron chi connectivity index (χ3n) is 11.7. The van der Waals surface area contributed by atoms with Crippen LogP contribution in [0.3, 0.4) is 0 Å². The zero-order valence-corrected chi connectivity index (χ0v) is 30.8. The van der Waals surface area contributed by atoms with Crippen LogP contribution in [0, 0.1) is 0 Å². The zero-order chi connectivity index (χ0) is 37.5. The molecular weight excluding hydrogens is 701 g/mol. The number of nitrogens with zero attached hydrogens (tertiary/aromatic N) is 1. The molecule has 57 heavy (non-hydrogen) atoms. The van der Waals surface area contributed by atoms with E-state index in [1.165, 1.54) is 32.9 Å². The molecule has 8 aromatic carbocycles. The Morgan fingerprint density at radius 2 is 0.912 bits per heavy atom. The highest BCUT2D eigenvalue weighted by Gasteiger charge is 2.31. The number of furan rings is 2. The molecule has 0 spiro atoms. The van der Waals surface area contributed by atoms with Crippen LogP contribution in [-0.4, -0.2) is 4.57 Å². The van der Waals surface area contributed by atoms with Gasteiger partial charge in [0.1, 0.15) is 22.3 Å². The molecule has 2 atom stereocenters. The Hall–Kier alpha value is -6.96. The van der Waals surface area contributed by atoms with Crippen molar-refractivity contribution in [2.75, 3.05) is 0 Å². The third-order valence-corrected chi connectivity index (χ3v) is 11.7. The van der Waals surface area contributed by atoms with E-state index >= 15 is 0 Å². The molecular formula is C51H36N4O2. The van der Waals surface area contributed by atoms with Crippen LogP contribution >= 0.6 is 0 Å². The molecule has 3 N–H and O–H groups in total. The van der Waals surface area contributed by atoms with Crippen molar-refractivity contribution in [3.63, 3.8) is 0 Å². The van der Waals surface area contributed by atoms with Crippen LogP contribution in [0.2, 0.25) is 0 Å². The number of nitrogens with one attached hydrogen (secondary N) is 3. The van der Waals surface area contributed by atoms with Crippen molar-refractivity contribution in [2.24, 2.45) is 0 Å². The minimum Gasteiger partial charge on any atom is -0.456 e. The van der Waals surface area contributed by atoms with Crippen molar-refractivity contribution in [3.05, 3.63) is 199 Å². The van der Waals surface area contributed by atoms with Gasteiger partial charge in [-0.05, 0) is 64.7 Å². The number of fused-ring (bicyclic) bond motifs is 9. The average molecular weight is 737 g/mol. The summed E-state index contributed by atoms with van der Waals surface area (Å²) in [5, 5.41) is 18.3. The lowest BCUT2D eigenvalue weighted by Gasteiger charge is -2.39. The van der Waals surface area contributed by atoms with Crippen molar-refractivity contribution >= 4 is 65.7 Å². The standard InChI is InChI=1S/C51H36N4O2/c1-3-14-31(15-4-1)49-52-50(32-16-5-2-6-17-32)54-51(53-49)39-23-11-22-38-46-36(20-13-27-45(46)57-48(38)39)37-21-12-26-44-47(37)40-30-33(28-29-43(40)56-44)55-41-24-9-7-18-34(41)35-19-8-10-25-42(35)55/h1-30,49-54H. The molecule has 0 aliphatic carbocycles. The van der Waals surface area contributed by atoms with Crippen LogP contribution in [-0.2, 0) is 0 Å². The van der Waals surface area contributed by atoms with Crippen molar-refractivity contribution in [1.82, 2.24) is 20.5 Å². The molecule has 1 aliphatic rings. The van der Waals surface area contributed by atoms with Gasteiger partial charge >= 0.3 is 0 Å². The molecule has 6 nitrogen and oxygen atoms in total. The number of aromatic nitrogens is 1. The van der Waals surface area contributed by atoms with Gasteiger partial charge in [0.2, 0.25) is 0 Å². The second kappa shape index (κ2) is 12.8. The van der Waals surface area contributed by atoms with E-state index in [0.29, 0.717) is 0 Å². The lowest BCUT2D eigenvalue weighted by atomic mass is 9.94. The first-order valence-corrected chi connectivity index (χ1v) is 19.5. The molecule has 2 unspecified atom stereocenters. The smallest absolute Gasteiger partial charge is 0.141 e. The van der Waals surface area contributed by atoms with Crippen molar-refractivity contribution < 1.29 is 8.83 Å². The average Bonchev–Trinajstić information content (AvgIpc) is 3.96. The molecule has 1 saturated heterocycles. The van der Waals surface area contributed by atoms with Crippen LogP contribution in [0.1, 0.15) is 35.2 Å². The number of rotatable bonds is 5. The number of para-hydroxylation sites is 3. The molecule has 12 rings (SSSR count). The van der Waals surface area contributed by atoms with Gasteiger partial charge in [0.25, 0.3) is 0 Å². The topological polar surface area (TPSA) is 67.3 Å². The SMILES string of the molecule is c1ccc(C2NC(c3ccccc3)NC(c3cccc4c3oc3cccc(-c5cccc6oc7ccc(-n8c9ccccc9c9ccccc98)cc7c56)c34)N2)cc1. The minimum absolute atomic E-state index is 0.0859. The lowest BCUT2D eigenvalue weighted by Crippen LogP contribution is -2.54. The van der Waals surface area contributed by atoms with Gasteiger partial charge in [-0.1, -0.05) is 140 Å². The molecule has 272 valence electrons. The summed E-state index contributed by atoms with van der Waals surface area (Å²) in [4.78, 5) is 0. The van der Waals surface area contributed by atoms with Crippen molar-refractivity contribution in [2.45, 2.75) is 18.5 Å². The van der Waals surface area contributed by atoms with Gasteiger partial charge in [0.05, 0.1) is 29.5 Å². The highest BCUT2D eigenvalue weighted by Crippen LogP contribution is 2.44. The summed E-state index contributed by atoms with van der Waals surface area (Å²) < 4.78 is 15.8. The molecule has 3 aromatic heterocycles. The summed E-state index contributed by atoms with van der Waals surface area (Å²) >= 11 is 0. The second-order valence-electron chi connectivity index (χ2n) is 15.0. The maximum Gasteiger partial charge on any atom is 0.141 e. The second-order valence-corrected chi connectivity index (χ2v) is 15.0. The van der Waals surface area contributed by atoms with Crippen molar-refractivity contribution in [1.29, 1.82) is 0 Å². The zero-order valence-electron chi connectivity index (χ0n) is 30.8. The predicted molar refractivity (Wildman–Crippen MR) is 231 cm³/mol. The Bertz CT molecular complexity index is 3210. The first kappa shape index (κ1) is 32.3. The Labute approximate surface area is 327 Å². The van der Waals surface area contributed by atoms with Crippen LogP contribution < -0.4 is 16.0 Å². The van der Waals surface area contributed by atoms with Gasteiger partial charge in [-0.25, -0.2) is 0 Å². The van der Waals surface area contributed by atoms with Crippen LogP contribution in [0.25, 0.3) is 82.5 Å². The van der Waals surface area contributed by atoms with E-state index in [2.05, 4.69) is 203 Å². The van der Waals surface area contributed by atoms with E-state index in [9.17, 15) is 0 Å². The van der Waals surface area contributed by atoms with Gasteiger partial charge in [-0.15, -0.1) is 0 Å². The lowest BCUT2D eigenvalue weighted by molar-refractivity contribution is 0.203. The maximum absolute atomic E-state index is 6.88. The highest BCUT2D eigenvalue weighted by atomic mass is 16.3. The normalized spacial score (nSPS) is 17.4. The fourth-order valence-corrected chi connectivity index (χ4v) is 9.20. The molecule has 1 fully saturated rings. The highest BCUT2D eigenvalue weighted by molar-refractivity contribution is 6.20. The van der Waals surface area contributed by atoms with Crippen LogP contribution in [0.4, 0.5) is 0 Å². The fraction of sp³-hybridized carbons (Fsp3) is 0.0588. The van der Waals surface area contributed by atoms with Gasteiger partial charge < -0.3 is 13.4 Å². The van der Waals surface area contributed by atoms with E-state index in [4.69, 9.17) is 8.83 Å². The molecule has 0 amide bonds. The Morgan fingerprint density at radius 3 is 1.56 bits per heavy atom. The number of benzene rings is 8. The molecule has 1 aliphatic heterocycles. The summed E-state index contributed by atoms with van der Waals surface area (Å²) in [5.74, 6) is 0. The van der Waals surface area contributed by atoms with Gasteiger partial charge in [-0.2, -0.15) is 0 Å². The first-order chi connectivity index (χ1) is 28.3. The van der Waals surface area contributed by atoms with Gasteiger partial charge in [-0.3, -0.25) is 16.0 Å². The van der Waals surface area contributed by atoms with Gasteiger partial charge in [0.15, 0.2) is 0 Å². The predicted octanol–water partition coefficient (Wildman–Crippen LogP) is 12.4. The van der Waals surface area contributed by atoms with E-state index in [0.717, 1.165) is 66.3 Å². The molecule has 0 radical (unpaired) electrons. The summed E-state index contributed by atoms with van der Waals surface area (Å²) in [5.41, 5.74) is 12.5. The Balaban J connectivity index is 1.02. The number of hydrogen-bond donors (Lipinski definition) is 3. The number of hydrogen-bond acceptors (Lipinski definition) is 5. The molecule has 4 heterocycles. The van der Waals surface area contributed by atoms with E-state index in [-0.39, 0.29) is 18.5 Å². The molecule has 6 heteroatoms. The van der Waals surface area contributed by atoms with Crippen LogP contribution in [0.15, 0.2) is 191 Å². The summed E-state index contributed by atoms with van der Waals surface area (Å²) in [6, 6.07) is 64.3. The van der Waals surface area contributed by atoms with Crippen LogP contribution in [0.5, 0.6) is 0 Å². The quantitative estimate of drug-likeness (QED) is 0.164. The Kier molecular flexibility index (Phi) is 7.25. The fourth-order valence-electron chi connectivity index (χ4n) is 9.20. The summed E-state index contributed by atoms with van der Waals surface area (Å²) in [6.45, 7) is 0. The molecule has 0 bridgehead atoms. The Morgan fingerprint density at radius 1 is 0.386 bits per heavy atom. The van der Waals surface area contributed by atoms with Crippen molar-refractivity contribution in [3.8, 4) is 16.8 Å². The van der Waals surface area contributed by atoms with E-state index in [1.807, 2.05) is 0 Å². The maximum atomic E-state index is 6.88. The molecule has 0 saturated carbocycles. The summed E-state index contributed by atoms with van der Waals surface area (Å²) in [7, 11) is 0. The monoisotopic (exact) mass is 736 g/mol. The van der Waals surface area contributed by atoms with Gasteiger partial charge in [0, 0.05) is 43.6 Å². The van der Waals surface area contributed by atoms with E-state index in [1.54, 1.807) is 0 Å². The minimum atomic E-state index is -0.199. The third kappa shape index (κ3) is 5.09. The molecule has 11 aromatic rings. The van der Waals surface area contributed by atoms with E-state index < -0.39 is 0 Å². The first-order valence-electron chi connectivity index (χ1n) is 19.5. The summed E-state index contributed by atoms with van der Waals surface area (Å²) in [6.07, 6.45) is -0.371.